The van der Waals surface area contributed by atoms with Gasteiger partial charge in [0.25, 0.3) is 0 Å². The molecule has 4 rings (SSSR count). The van der Waals surface area contributed by atoms with Gasteiger partial charge in [-0.3, -0.25) is 14.4 Å². The number of carbonyl (C=O) groups excluding carboxylic acids is 2. The molecule has 4 aromatic rings. The van der Waals surface area contributed by atoms with E-state index in [0.29, 0.717) is 11.4 Å². The number of carboxylic acid groups (broad SMARTS) is 1. The second kappa shape index (κ2) is 19.9. The highest BCUT2D eigenvalue weighted by molar-refractivity contribution is 7.84. The topological polar surface area (TPSA) is 148 Å². The third kappa shape index (κ3) is 13.6. The number of carbonyl (C=O) groups is 3. The largest absolute Gasteiger partial charge is 0.481 e. The van der Waals surface area contributed by atoms with Gasteiger partial charge in [-0.05, 0) is 120 Å². The molecule has 11 nitrogen and oxygen atoms in total. The normalized spacial score (nSPS) is 14.6. The van der Waals surface area contributed by atoms with Crippen LogP contribution in [0.15, 0.2) is 71.4 Å². The molecule has 2 heterocycles. The Labute approximate surface area is 349 Å². The fourth-order valence-corrected chi connectivity index (χ4v) is 9.26. The van der Waals surface area contributed by atoms with Crippen LogP contribution in [0.5, 0.6) is 0 Å². The molecule has 3 N–H and O–H groups in total. The van der Waals surface area contributed by atoms with Gasteiger partial charge in [0.1, 0.15) is 12.2 Å². The highest BCUT2D eigenvalue weighted by atomic mass is 32.2. The number of benzene rings is 2. The molecule has 2 aromatic carbocycles. The average Bonchev–Trinajstić information content (AvgIpc) is 3.83. The van der Waals surface area contributed by atoms with E-state index in [1.807, 2.05) is 102 Å². The van der Waals surface area contributed by atoms with Crippen molar-refractivity contribution in [2.45, 2.75) is 102 Å². The monoisotopic (exact) mass is 850 g/mol. The van der Waals surface area contributed by atoms with E-state index in [4.69, 9.17) is 17.9 Å². The quantitative estimate of drug-likeness (QED) is 0.0613. The zero-order valence-corrected chi connectivity index (χ0v) is 36.9. The van der Waals surface area contributed by atoms with Crippen LogP contribution in [0.4, 0.5) is 11.4 Å². The predicted molar refractivity (Wildman–Crippen MR) is 232 cm³/mol. The van der Waals surface area contributed by atoms with Crippen LogP contribution in [0.3, 0.4) is 0 Å². The van der Waals surface area contributed by atoms with Gasteiger partial charge in [0.05, 0.1) is 68.7 Å². The number of aliphatic carboxylic acids is 1. The standard InChI is InChI=1S/C23H28N2O4S2.C19H22N2O3S2/c1-7-29-21(27)13-19(26)14-23(5,25-31(28)22(2,3)4)20-12-17(15-30-20)16-9-8-10-18(11-16)24-6;1-18(2,3)26(24)21-19(4,11-17(22)23)16-10-14(12-25-16)13-7-6-8-15(9-13)20-5/h8-12,15,25H,7,13-14H2,1-5H3;6-10,12,21H,11H2,1-4H3,(H,22,23)/t23-,31?;19-,26?/m00/s1. The second-order valence-electron chi connectivity index (χ2n) is 15.6. The number of thiophene rings is 2. The Kier molecular flexibility index (Phi) is 16.4. The summed E-state index contributed by atoms with van der Waals surface area (Å²) in [7, 11) is -2.84. The van der Waals surface area contributed by atoms with E-state index in [1.165, 1.54) is 22.7 Å². The molecule has 0 spiro atoms. The molecular formula is C42H50N4O7S4. The lowest BCUT2D eigenvalue weighted by Crippen LogP contribution is -2.47. The molecule has 0 amide bonds. The van der Waals surface area contributed by atoms with Gasteiger partial charge in [0.2, 0.25) is 0 Å². The molecule has 0 radical (unpaired) electrons. The number of Topliss-reactive ketones (excluding diaryl/α,β-unsaturated/α-hetero) is 1. The summed E-state index contributed by atoms with van der Waals surface area (Å²) in [4.78, 5) is 44.3. The molecule has 4 atom stereocenters. The van der Waals surface area contributed by atoms with Gasteiger partial charge in [0, 0.05) is 16.2 Å². The first-order valence-corrected chi connectivity index (χ1v) is 22.0. The second-order valence-corrected chi connectivity index (χ2v) is 21.4. The first-order chi connectivity index (χ1) is 26.5. The lowest BCUT2D eigenvalue weighted by Gasteiger charge is -2.32. The van der Waals surface area contributed by atoms with E-state index >= 15 is 0 Å². The van der Waals surface area contributed by atoms with E-state index in [0.717, 1.165) is 32.0 Å². The summed E-state index contributed by atoms with van der Waals surface area (Å²) in [6.07, 6.45) is -0.509. The summed E-state index contributed by atoms with van der Waals surface area (Å²) < 4.78 is 35.5. The van der Waals surface area contributed by atoms with Crippen LogP contribution < -0.4 is 9.44 Å². The van der Waals surface area contributed by atoms with Crippen LogP contribution in [-0.4, -0.2) is 47.3 Å². The molecule has 0 saturated heterocycles. The van der Waals surface area contributed by atoms with E-state index in [1.54, 1.807) is 32.0 Å². The number of hydrogen-bond donors (Lipinski definition) is 3. The van der Waals surface area contributed by atoms with Gasteiger partial charge < -0.3 is 9.84 Å². The number of esters is 1. The molecular weight excluding hydrogens is 801 g/mol. The number of hydrogen-bond acceptors (Lipinski definition) is 8. The molecule has 57 heavy (non-hydrogen) atoms. The fraction of sp³-hybridized carbons (Fsp3) is 0.405. The third-order valence-electron chi connectivity index (χ3n) is 8.35. The van der Waals surface area contributed by atoms with Crippen molar-refractivity contribution in [3.05, 3.63) is 104 Å². The highest BCUT2D eigenvalue weighted by Gasteiger charge is 2.37. The van der Waals surface area contributed by atoms with Crippen LogP contribution in [-0.2, 0) is 52.2 Å². The van der Waals surface area contributed by atoms with Crippen molar-refractivity contribution in [3.63, 3.8) is 0 Å². The minimum absolute atomic E-state index is 0.00429. The minimum Gasteiger partial charge on any atom is -0.481 e. The first kappa shape index (κ1) is 47.0. The van der Waals surface area contributed by atoms with Gasteiger partial charge in [-0.1, -0.05) is 36.4 Å². The number of carboxylic acids is 1. The summed E-state index contributed by atoms with van der Waals surface area (Å²) in [6, 6.07) is 18.4. The Bertz CT molecular complexity index is 2200. The Morgan fingerprint density at radius 1 is 0.702 bits per heavy atom. The first-order valence-electron chi connectivity index (χ1n) is 18.0. The number of ether oxygens (including phenoxy) is 1. The molecule has 2 aromatic heterocycles. The van der Waals surface area contributed by atoms with Gasteiger partial charge in [-0.15, -0.1) is 22.7 Å². The summed E-state index contributed by atoms with van der Waals surface area (Å²) in [6.45, 7) is 30.9. The van der Waals surface area contributed by atoms with Crippen molar-refractivity contribution in [1.82, 2.24) is 9.44 Å². The molecule has 0 aliphatic heterocycles. The fourth-order valence-electron chi connectivity index (χ4n) is 5.26. The summed E-state index contributed by atoms with van der Waals surface area (Å²) in [5.74, 6) is -1.81. The van der Waals surface area contributed by atoms with Crippen LogP contribution >= 0.6 is 22.7 Å². The van der Waals surface area contributed by atoms with Gasteiger partial charge in [0.15, 0.2) is 11.4 Å². The SMILES string of the molecule is [C-]#[N+]c1cccc(-c2csc([C@](C)(CC(=O)CC(=O)OCC)NS(=O)C(C)(C)C)c2)c1.[C-]#[N+]c1cccc(-c2csc([C@](C)(CC(=O)O)NS(=O)C(C)(C)C)c2)c1. The Hall–Kier alpha value is -4.35. The molecule has 2 unspecified atom stereocenters. The molecule has 304 valence electrons. The van der Waals surface area contributed by atoms with Gasteiger partial charge in [-0.2, -0.15) is 0 Å². The lowest BCUT2D eigenvalue weighted by atomic mass is 9.92. The predicted octanol–water partition coefficient (Wildman–Crippen LogP) is 9.85. The zero-order chi connectivity index (χ0) is 42.8. The maximum atomic E-state index is 12.9. The number of rotatable bonds is 15. The van der Waals surface area contributed by atoms with E-state index < -0.39 is 54.5 Å². The Morgan fingerprint density at radius 2 is 1.12 bits per heavy atom. The Balaban J connectivity index is 0.000000310. The van der Waals surface area contributed by atoms with Gasteiger partial charge in [-0.25, -0.2) is 27.6 Å². The summed E-state index contributed by atoms with van der Waals surface area (Å²) >= 11 is 2.87. The molecule has 0 aliphatic carbocycles. The number of nitrogens with one attached hydrogen (secondary N) is 2. The summed E-state index contributed by atoms with van der Waals surface area (Å²) in [5, 5.41) is 13.2. The van der Waals surface area contributed by atoms with Crippen LogP contribution in [0.25, 0.3) is 31.9 Å². The summed E-state index contributed by atoms with van der Waals surface area (Å²) in [5.41, 5.74) is 2.84. The lowest BCUT2D eigenvalue weighted by molar-refractivity contribution is -0.146. The molecule has 0 fully saturated rings. The minimum atomic E-state index is -1.43. The van der Waals surface area contributed by atoms with Crippen molar-refractivity contribution in [2.75, 3.05) is 6.61 Å². The molecule has 0 aliphatic rings. The molecule has 0 saturated carbocycles. The van der Waals surface area contributed by atoms with Crippen LogP contribution in [0, 0.1) is 13.1 Å². The Morgan fingerprint density at radius 3 is 1.49 bits per heavy atom. The van der Waals surface area contributed by atoms with Crippen molar-refractivity contribution in [2.24, 2.45) is 0 Å². The highest BCUT2D eigenvalue weighted by Crippen LogP contribution is 2.38. The van der Waals surface area contributed by atoms with Crippen molar-refractivity contribution in [1.29, 1.82) is 0 Å². The smallest absolute Gasteiger partial charge is 0.313 e. The van der Waals surface area contributed by atoms with Gasteiger partial charge >= 0.3 is 11.9 Å². The number of nitrogens with zero attached hydrogens (tertiary/aromatic N) is 2. The van der Waals surface area contributed by atoms with Crippen molar-refractivity contribution in [3.8, 4) is 22.3 Å². The van der Waals surface area contributed by atoms with Crippen molar-refractivity contribution >= 4 is 73.7 Å². The van der Waals surface area contributed by atoms with Crippen LogP contribution in [0.2, 0.25) is 0 Å². The third-order valence-corrected chi connectivity index (χ3v) is 14.2. The average molecular weight is 851 g/mol. The molecule has 0 bridgehead atoms. The van der Waals surface area contributed by atoms with E-state index in [2.05, 4.69) is 19.1 Å². The van der Waals surface area contributed by atoms with Crippen molar-refractivity contribution < 1.29 is 32.6 Å². The molecule has 15 heteroatoms. The van der Waals surface area contributed by atoms with Crippen LogP contribution in [0.1, 0.15) is 91.3 Å². The zero-order valence-electron chi connectivity index (χ0n) is 33.7. The number of ketones is 1. The van der Waals surface area contributed by atoms with E-state index in [-0.39, 0.29) is 31.7 Å². The maximum absolute atomic E-state index is 12.9. The van der Waals surface area contributed by atoms with E-state index in [9.17, 15) is 27.9 Å². The maximum Gasteiger partial charge on any atom is 0.313 e.